The summed E-state index contributed by atoms with van der Waals surface area (Å²) in [5.74, 6) is -1.31. The first-order chi connectivity index (χ1) is 5.95. The Labute approximate surface area is 86.5 Å². The van der Waals surface area contributed by atoms with Gasteiger partial charge in [0.1, 0.15) is 0 Å². The quantitative estimate of drug-likeness (QED) is 0.463. The molecule has 1 heterocycles. The summed E-state index contributed by atoms with van der Waals surface area (Å²) in [4.78, 5) is 13.0. The average Bonchev–Trinajstić information content (AvgIpc) is 1.99. The van der Waals surface area contributed by atoms with Gasteiger partial charge in [-0.05, 0) is 29.5 Å². The van der Waals surface area contributed by atoms with Gasteiger partial charge in [0.25, 0.3) is 5.88 Å². The van der Waals surface area contributed by atoms with Gasteiger partial charge >= 0.3 is 5.69 Å². The number of aromatic hydroxyl groups is 2. The summed E-state index contributed by atoms with van der Waals surface area (Å²) in [6.07, 6.45) is 0. The molecule has 13 heavy (non-hydrogen) atoms. The second-order valence-corrected chi connectivity index (χ2v) is 3.37. The van der Waals surface area contributed by atoms with Gasteiger partial charge in [0.2, 0.25) is 5.75 Å². The van der Waals surface area contributed by atoms with E-state index >= 15 is 0 Å². The predicted molar refractivity (Wildman–Crippen MR) is 51.7 cm³/mol. The summed E-state index contributed by atoms with van der Waals surface area (Å²) >= 11 is 1.72. The zero-order valence-electron chi connectivity index (χ0n) is 6.48. The van der Waals surface area contributed by atoms with E-state index in [9.17, 15) is 15.2 Å². The van der Waals surface area contributed by atoms with E-state index in [0.29, 0.717) is 5.69 Å². The van der Waals surface area contributed by atoms with Crippen molar-refractivity contribution in [2.75, 3.05) is 0 Å². The standard InChI is InChI=1S/C6H5IN2O4/c1-2-3(7)5(10)4(9(12)13)6(11)8-2/h1H3,(H2,8,10,11). The molecule has 0 spiro atoms. The molecule has 0 aliphatic carbocycles. The van der Waals surface area contributed by atoms with Crippen LogP contribution in [0.25, 0.3) is 0 Å². The highest BCUT2D eigenvalue weighted by Gasteiger charge is 2.25. The van der Waals surface area contributed by atoms with Crippen molar-refractivity contribution in [3.63, 3.8) is 0 Å². The molecule has 0 aliphatic rings. The van der Waals surface area contributed by atoms with Crippen LogP contribution in [-0.4, -0.2) is 20.1 Å². The lowest BCUT2D eigenvalue weighted by atomic mass is 10.3. The Bertz CT molecular complexity index is 379. The van der Waals surface area contributed by atoms with E-state index in [1.807, 2.05) is 0 Å². The van der Waals surface area contributed by atoms with Crippen LogP contribution in [0.2, 0.25) is 0 Å². The summed E-state index contributed by atoms with van der Waals surface area (Å²) in [7, 11) is 0. The molecule has 2 N–H and O–H groups in total. The van der Waals surface area contributed by atoms with Crippen LogP contribution in [0.5, 0.6) is 11.6 Å². The van der Waals surface area contributed by atoms with Crippen LogP contribution in [0.1, 0.15) is 5.69 Å². The van der Waals surface area contributed by atoms with Crippen molar-refractivity contribution in [2.24, 2.45) is 0 Å². The van der Waals surface area contributed by atoms with E-state index in [-0.39, 0.29) is 3.57 Å². The lowest BCUT2D eigenvalue weighted by Crippen LogP contribution is -1.96. The van der Waals surface area contributed by atoms with Crippen LogP contribution < -0.4 is 0 Å². The molecule has 0 atom stereocenters. The van der Waals surface area contributed by atoms with Crippen LogP contribution in [0.3, 0.4) is 0 Å². The van der Waals surface area contributed by atoms with Crippen molar-refractivity contribution in [1.29, 1.82) is 0 Å². The SMILES string of the molecule is Cc1nc(O)c([N+](=O)[O-])c(O)c1I. The van der Waals surface area contributed by atoms with Crippen molar-refractivity contribution < 1.29 is 15.1 Å². The molecule has 0 bridgehead atoms. The smallest absolute Gasteiger partial charge is 0.373 e. The molecule has 0 saturated carbocycles. The maximum absolute atomic E-state index is 10.3. The number of nitrogens with zero attached hydrogens (tertiary/aromatic N) is 2. The molecule has 7 heteroatoms. The van der Waals surface area contributed by atoms with Gasteiger partial charge in [-0.3, -0.25) is 10.1 Å². The van der Waals surface area contributed by atoms with Crippen molar-refractivity contribution in [3.8, 4) is 11.6 Å². The first kappa shape index (κ1) is 9.96. The Morgan fingerprint density at radius 1 is 1.54 bits per heavy atom. The molecule has 0 fully saturated rings. The lowest BCUT2D eigenvalue weighted by molar-refractivity contribution is -0.387. The number of nitro groups is 1. The summed E-state index contributed by atoms with van der Waals surface area (Å²) in [5, 5.41) is 28.7. The molecule has 1 aromatic rings. The normalized spacial score (nSPS) is 10.0. The first-order valence-corrected chi connectivity index (χ1v) is 4.25. The minimum absolute atomic E-state index is 0.266. The van der Waals surface area contributed by atoms with Gasteiger partial charge in [0, 0.05) is 0 Å². The Morgan fingerprint density at radius 2 is 2.08 bits per heavy atom. The van der Waals surface area contributed by atoms with E-state index in [1.54, 1.807) is 22.6 Å². The summed E-state index contributed by atoms with van der Waals surface area (Å²) in [6.45, 7) is 1.53. The minimum atomic E-state index is -0.876. The molecule has 0 unspecified atom stereocenters. The van der Waals surface area contributed by atoms with E-state index in [4.69, 9.17) is 5.11 Å². The third kappa shape index (κ3) is 1.64. The van der Waals surface area contributed by atoms with Crippen LogP contribution >= 0.6 is 22.6 Å². The van der Waals surface area contributed by atoms with Crippen LogP contribution in [0.4, 0.5) is 5.69 Å². The fourth-order valence-corrected chi connectivity index (χ4v) is 1.19. The molecule has 70 valence electrons. The van der Waals surface area contributed by atoms with Crippen molar-refractivity contribution in [2.45, 2.75) is 6.92 Å². The molecule has 1 rings (SSSR count). The highest BCUT2D eigenvalue weighted by molar-refractivity contribution is 14.1. The van der Waals surface area contributed by atoms with Gasteiger partial charge < -0.3 is 10.2 Å². The fourth-order valence-electron chi connectivity index (χ4n) is 0.810. The van der Waals surface area contributed by atoms with Crippen molar-refractivity contribution in [1.82, 2.24) is 4.98 Å². The zero-order chi connectivity index (χ0) is 10.2. The highest BCUT2D eigenvalue weighted by Crippen LogP contribution is 2.37. The molecule has 0 radical (unpaired) electrons. The van der Waals surface area contributed by atoms with Crippen LogP contribution in [0.15, 0.2) is 0 Å². The van der Waals surface area contributed by atoms with E-state index in [0.717, 1.165) is 0 Å². The van der Waals surface area contributed by atoms with Gasteiger partial charge in [-0.1, -0.05) is 0 Å². The average molecular weight is 296 g/mol. The molecule has 6 nitrogen and oxygen atoms in total. The molecule has 0 saturated heterocycles. The Kier molecular flexibility index (Phi) is 2.55. The van der Waals surface area contributed by atoms with E-state index < -0.39 is 22.2 Å². The zero-order valence-corrected chi connectivity index (χ0v) is 8.64. The van der Waals surface area contributed by atoms with Crippen LogP contribution in [0, 0.1) is 20.6 Å². The second-order valence-electron chi connectivity index (χ2n) is 2.29. The summed E-state index contributed by atoms with van der Waals surface area (Å²) < 4.78 is 0.266. The third-order valence-electron chi connectivity index (χ3n) is 1.42. The Balaban J connectivity index is 3.53. The predicted octanol–water partition coefficient (Wildman–Crippen LogP) is 1.31. The van der Waals surface area contributed by atoms with Gasteiger partial charge in [0.15, 0.2) is 0 Å². The van der Waals surface area contributed by atoms with E-state index in [2.05, 4.69) is 4.98 Å². The second kappa shape index (κ2) is 3.32. The number of aryl methyl sites for hydroxylation is 1. The van der Waals surface area contributed by atoms with Gasteiger partial charge in [-0.25, -0.2) is 4.98 Å². The molecule has 0 aliphatic heterocycles. The fraction of sp³-hybridized carbons (Fsp3) is 0.167. The van der Waals surface area contributed by atoms with E-state index in [1.165, 1.54) is 6.92 Å². The molecular formula is C6H5IN2O4. The maximum Gasteiger partial charge on any atom is 0.373 e. The van der Waals surface area contributed by atoms with Crippen molar-refractivity contribution in [3.05, 3.63) is 19.4 Å². The molecule has 1 aromatic heterocycles. The van der Waals surface area contributed by atoms with Gasteiger partial charge in [-0.2, -0.15) is 0 Å². The maximum atomic E-state index is 10.3. The topological polar surface area (TPSA) is 96.5 Å². The van der Waals surface area contributed by atoms with Gasteiger partial charge in [0.05, 0.1) is 14.2 Å². The Morgan fingerprint density at radius 3 is 2.54 bits per heavy atom. The van der Waals surface area contributed by atoms with Crippen molar-refractivity contribution >= 4 is 28.3 Å². The largest absolute Gasteiger partial charge is 0.501 e. The summed E-state index contributed by atoms with van der Waals surface area (Å²) in [6, 6.07) is 0. The van der Waals surface area contributed by atoms with Gasteiger partial charge in [-0.15, -0.1) is 0 Å². The van der Waals surface area contributed by atoms with Crippen LogP contribution in [-0.2, 0) is 0 Å². The minimum Gasteiger partial charge on any atom is -0.501 e. The number of rotatable bonds is 1. The Hall–Kier alpha value is -1.12. The number of aromatic nitrogens is 1. The molecule has 0 amide bonds. The summed E-state index contributed by atoms with van der Waals surface area (Å²) in [5.41, 5.74) is -0.406. The highest BCUT2D eigenvalue weighted by atomic mass is 127. The third-order valence-corrected chi connectivity index (χ3v) is 2.71. The number of hydrogen-bond donors (Lipinski definition) is 2. The first-order valence-electron chi connectivity index (χ1n) is 3.17. The number of pyridine rings is 1. The number of halogens is 1. The lowest BCUT2D eigenvalue weighted by Gasteiger charge is -2.02. The number of hydrogen-bond acceptors (Lipinski definition) is 5. The monoisotopic (exact) mass is 296 g/mol. The molecular weight excluding hydrogens is 291 g/mol. The molecule has 0 aromatic carbocycles.